The number of esters is 1. The van der Waals surface area contributed by atoms with Crippen LogP contribution >= 0.6 is 0 Å². The molecule has 0 bridgehead atoms. The van der Waals surface area contributed by atoms with Gasteiger partial charge >= 0.3 is 5.97 Å². The van der Waals surface area contributed by atoms with Crippen LogP contribution in [0.15, 0.2) is 0 Å². The fourth-order valence-electron chi connectivity index (χ4n) is 1.88. The molecule has 0 amide bonds. The Bertz CT molecular complexity index is 475. The minimum Gasteiger partial charge on any atom is -0.466 e. The maximum atomic E-state index is 11.3. The molecule has 0 atom stereocenters. The van der Waals surface area contributed by atoms with Crippen molar-refractivity contribution >= 4 is 17.6 Å². The monoisotopic (exact) mass is 294 g/mol. The van der Waals surface area contributed by atoms with Gasteiger partial charge in [-0.15, -0.1) is 0 Å². The van der Waals surface area contributed by atoms with E-state index in [9.17, 15) is 4.79 Å². The first-order valence-electron chi connectivity index (χ1n) is 7.45. The third-order valence-corrected chi connectivity index (χ3v) is 3.07. The van der Waals surface area contributed by atoms with Crippen molar-refractivity contribution in [1.82, 2.24) is 9.97 Å². The maximum Gasteiger partial charge on any atom is 0.305 e. The number of aromatic nitrogens is 2. The zero-order valence-electron chi connectivity index (χ0n) is 13.6. The standard InChI is InChI=1S/C15H26N4O2/c1-6-21-12(20)8-7-9-17-15-11(4)14(16-5)18-13(19-15)10(2)3/h10H,6-9H2,1-5H3,(H2,16,17,18,19). The molecule has 118 valence electrons. The van der Waals surface area contributed by atoms with Gasteiger partial charge in [0.1, 0.15) is 17.5 Å². The Morgan fingerprint density at radius 2 is 1.95 bits per heavy atom. The molecule has 0 aliphatic carbocycles. The zero-order chi connectivity index (χ0) is 15.8. The Balaban J connectivity index is 2.65. The SMILES string of the molecule is CCOC(=O)CCCNc1nc(C(C)C)nc(NC)c1C. The number of anilines is 2. The summed E-state index contributed by atoms with van der Waals surface area (Å²) in [6, 6.07) is 0. The van der Waals surface area contributed by atoms with Crippen LogP contribution in [0.4, 0.5) is 11.6 Å². The smallest absolute Gasteiger partial charge is 0.305 e. The molecule has 1 rings (SSSR count). The molecular weight excluding hydrogens is 268 g/mol. The molecule has 0 aromatic carbocycles. The van der Waals surface area contributed by atoms with Gasteiger partial charge in [-0.1, -0.05) is 13.8 Å². The Kier molecular flexibility index (Phi) is 6.91. The molecule has 0 aliphatic rings. The van der Waals surface area contributed by atoms with Crippen LogP contribution in [0, 0.1) is 6.92 Å². The lowest BCUT2D eigenvalue weighted by Crippen LogP contribution is -2.13. The molecule has 2 N–H and O–H groups in total. The summed E-state index contributed by atoms with van der Waals surface area (Å²) < 4.78 is 4.90. The maximum absolute atomic E-state index is 11.3. The normalized spacial score (nSPS) is 10.6. The van der Waals surface area contributed by atoms with Crippen LogP contribution in [0.2, 0.25) is 0 Å². The number of rotatable bonds is 8. The first kappa shape index (κ1) is 17.2. The Hall–Kier alpha value is -1.85. The predicted octanol–water partition coefficient (Wildman–Crippen LogP) is 2.71. The van der Waals surface area contributed by atoms with Gasteiger partial charge in [-0.2, -0.15) is 0 Å². The van der Waals surface area contributed by atoms with Crippen LogP contribution in [0.1, 0.15) is 50.9 Å². The van der Waals surface area contributed by atoms with Gasteiger partial charge < -0.3 is 15.4 Å². The van der Waals surface area contributed by atoms with E-state index in [1.807, 2.05) is 20.9 Å². The van der Waals surface area contributed by atoms with Crippen molar-refractivity contribution in [3.8, 4) is 0 Å². The highest BCUT2D eigenvalue weighted by atomic mass is 16.5. The van der Waals surface area contributed by atoms with Crippen molar-refractivity contribution in [1.29, 1.82) is 0 Å². The molecule has 6 nitrogen and oxygen atoms in total. The van der Waals surface area contributed by atoms with E-state index >= 15 is 0 Å². The van der Waals surface area contributed by atoms with Crippen LogP contribution in [0.3, 0.4) is 0 Å². The molecule has 0 aliphatic heterocycles. The van der Waals surface area contributed by atoms with Gasteiger partial charge in [0.2, 0.25) is 0 Å². The summed E-state index contributed by atoms with van der Waals surface area (Å²) in [5.74, 6) is 2.57. The second kappa shape index (κ2) is 8.44. The van der Waals surface area contributed by atoms with Gasteiger partial charge in [0.05, 0.1) is 6.61 Å². The molecule has 0 unspecified atom stereocenters. The van der Waals surface area contributed by atoms with Gasteiger partial charge in [0.25, 0.3) is 0 Å². The summed E-state index contributed by atoms with van der Waals surface area (Å²) in [4.78, 5) is 20.3. The molecule has 0 fully saturated rings. The number of ether oxygens (including phenoxy) is 1. The quantitative estimate of drug-likeness (QED) is 0.567. The molecule has 6 heteroatoms. The second-order valence-electron chi connectivity index (χ2n) is 5.14. The van der Waals surface area contributed by atoms with Crippen molar-refractivity contribution in [3.05, 3.63) is 11.4 Å². The number of nitrogens with one attached hydrogen (secondary N) is 2. The lowest BCUT2D eigenvalue weighted by molar-refractivity contribution is -0.143. The number of carbonyl (C=O) groups excluding carboxylic acids is 1. The minimum atomic E-state index is -0.155. The number of hydrogen-bond donors (Lipinski definition) is 2. The number of hydrogen-bond acceptors (Lipinski definition) is 6. The first-order chi connectivity index (χ1) is 9.99. The average molecular weight is 294 g/mol. The summed E-state index contributed by atoms with van der Waals surface area (Å²) in [6.45, 7) is 9.03. The van der Waals surface area contributed by atoms with Crippen LogP contribution in [0.5, 0.6) is 0 Å². The van der Waals surface area contributed by atoms with Crippen LogP contribution in [0.25, 0.3) is 0 Å². The van der Waals surface area contributed by atoms with Crippen molar-refractivity contribution in [2.75, 3.05) is 30.8 Å². The Morgan fingerprint density at radius 1 is 1.29 bits per heavy atom. The molecule has 0 spiro atoms. The fourth-order valence-corrected chi connectivity index (χ4v) is 1.88. The molecule has 21 heavy (non-hydrogen) atoms. The summed E-state index contributed by atoms with van der Waals surface area (Å²) in [7, 11) is 1.85. The van der Waals surface area contributed by atoms with E-state index in [-0.39, 0.29) is 11.9 Å². The average Bonchev–Trinajstić information content (AvgIpc) is 2.45. The second-order valence-corrected chi connectivity index (χ2v) is 5.14. The third kappa shape index (κ3) is 5.21. The van der Waals surface area contributed by atoms with Gasteiger partial charge in [-0.05, 0) is 20.3 Å². The fraction of sp³-hybridized carbons (Fsp3) is 0.667. The predicted molar refractivity (Wildman–Crippen MR) is 84.8 cm³/mol. The lowest BCUT2D eigenvalue weighted by atomic mass is 10.2. The Labute approximate surface area is 126 Å². The highest BCUT2D eigenvalue weighted by Gasteiger charge is 2.12. The summed E-state index contributed by atoms with van der Waals surface area (Å²) in [5.41, 5.74) is 0.984. The van der Waals surface area contributed by atoms with E-state index in [1.165, 1.54) is 0 Å². The number of nitrogens with zero attached hydrogens (tertiary/aromatic N) is 2. The van der Waals surface area contributed by atoms with Crippen LogP contribution in [-0.4, -0.2) is 36.1 Å². The van der Waals surface area contributed by atoms with Crippen molar-refractivity contribution < 1.29 is 9.53 Å². The van der Waals surface area contributed by atoms with Gasteiger partial charge in [-0.25, -0.2) is 9.97 Å². The topological polar surface area (TPSA) is 76.1 Å². The van der Waals surface area contributed by atoms with Gasteiger partial charge in [-0.3, -0.25) is 4.79 Å². The largest absolute Gasteiger partial charge is 0.466 e. The molecule has 1 heterocycles. The van der Waals surface area contributed by atoms with Crippen molar-refractivity contribution in [2.24, 2.45) is 0 Å². The highest BCUT2D eigenvalue weighted by molar-refractivity contribution is 5.69. The zero-order valence-corrected chi connectivity index (χ0v) is 13.6. The van der Waals surface area contributed by atoms with E-state index in [0.717, 1.165) is 23.0 Å². The van der Waals surface area contributed by atoms with Gasteiger partial charge in [0.15, 0.2) is 0 Å². The van der Waals surface area contributed by atoms with Gasteiger partial charge in [0, 0.05) is 31.5 Å². The van der Waals surface area contributed by atoms with E-state index in [2.05, 4.69) is 34.4 Å². The van der Waals surface area contributed by atoms with E-state index in [4.69, 9.17) is 4.74 Å². The molecule has 1 aromatic heterocycles. The number of carbonyl (C=O) groups is 1. The van der Waals surface area contributed by atoms with Crippen molar-refractivity contribution in [2.45, 2.75) is 46.5 Å². The van der Waals surface area contributed by atoms with Crippen LogP contribution < -0.4 is 10.6 Å². The first-order valence-corrected chi connectivity index (χ1v) is 7.45. The highest BCUT2D eigenvalue weighted by Crippen LogP contribution is 2.22. The lowest BCUT2D eigenvalue weighted by Gasteiger charge is -2.15. The molecular formula is C15H26N4O2. The minimum absolute atomic E-state index is 0.155. The van der Waals surface area contributed by atoms with E-state index in [0.29, 0.717) is 26.0 Å². The third-order valence-electron chi connectivity index (χ3n) is 3.07. The molecule has 0 saturated carbocycles. The molecule has 0 radical (unpaired) electrons. The van der Waals surface area contributed by atoms with E-state index in [1.54, 1.807) is 0 Å². The van der Waals surface area contributed by atoms with Crippen molar-refractivity contribution in [3.63, 3.8) is 0 Å². The summed E-state index contributed by atoms with van der Waals surface area (Å²) in [6.07, 6.45) is 1.13. The Morgan fingerprint density at radius 3 is 2.52 bits per heavy atom. The summed E-state index contributed by atoms with van der Waals surface area (Å²) in [5, 5.41) is 6.37. The summed E-state index contributed by atoms with van der Waals surface area (Å²) >= 11 is 0. The van der Waals surface area contributed by atoms with E-state index < -0.39 is 0 Å². The van der Waals surface area contributed by atoms with Crippen LogP contribution in [-0.2, 0) is 9.53 Å². The molecule has 0 saturated heterocycles. The molecule has 1 aromatic rings.